The van der Waals surface area contributed by atoms with Gasteiger partial charge in [0.25, 0.3) is 11.8 Å². The summed E-state index contributed by atoms with van der Waals surface area (Å²) < 4.78 is 42.4. The van der Waals surface area contributed by atoms with E-state index in [1.807, 2.05) is 30.3 Å². The van der Waals surface area contributed by atoms with E-state index < -0.39 is 29.6 Å². The summed E-state index contributed by atoms with van der Waals surface area (Å²) in [5.41, 5.74) is -0.342. The Kier molecular flexibility index (Phi) is 14.1. The number of amides is 4. The molecular formula is C34H46FN3O9. The van der Waals surface area contributed by atoms with Crippen LogP contribution >= 0.6 is 0 Å². The predicted octanol–water partition coefficient (Wildman–Crippen LogP) is 4.61. The molecule has 1 aliphatic rings. The number of rotatable bonds is 18. The molecule has 0 aromatic heterocycles. The SMILES string of the molecule is CC(C)(C)OC(=O)N(CCOCCOC(C)(C)C(F)CNC(=O)OCc1ccccc1)CCOCCN1C(=O)c2ccccc2C1=O. The van der Waals surface area contributed by atoms with Crippen molar-refractivity contribution in [3.8, 4) is 0 Å². The number of carbonyl (C=O) groups is 4. The zero-order valence-corrected chi connectivity index (χ0v) is 27.8. The number of ether oxygens (including phenoxy) is 5. The Balaban J connectivity index is 1.33. The highest BCUT2D eigenvalue weighted by atomic mass is 19.1. The first-order valence-electron chi connectivity index (χ1n) is 15.6. The summed E-state index contributed by atoms with van der Waals surface area (Å²) in [6.07, 6.45) is -2.78. The van der Waals surface area contributed by atoms with Crippen LogP contribution in [0.3, 0.4) is 0 Å². The maximum atomic E-state index is 14.8. The van der Waals surface area contributed by atoms with Crippen LogP contribution in [0.5, 0.6) is 0 Å². The molecule has 13 heteroatoms. The molecule has 0 spiro atoms. The number of nitrogens with one attached hydrogen (secondary N) is 1. The molecule has 2 aromatic rings. The van der Waals surface area contributed by atoms with Crippen LogP contribution in [0.25, 0.3) is 0 Å². The van der Waals surface area contributed by atoms with Crippen LogP contribution < -0.4 is 5.32 Å². The van der Waals surface area contributed by atoms with Gasteiger partial charge in [-0.2, -0.15) is 0 Å². The molecule has 1 aliphatic heterocycles. The van der Waals surface area contributed by atoms with Crippen LogP contribution in [0, 0.1) is 0 Å². The summed E-state index contributed by atoms with van der Waals surface area (Å²) >= 11 is 0. The maximum absolute atomic E-state index is 14.8. The summed E-state index contributed by atoms with van der Waals surface area (Å²) in [5.74, 6) is -0.709. The normalized spacial score (nSPS) is 13.7. The van der Waals surface area contributed by atoms with E-state index in [4.69, 9.17) is 23.7 Å². The third kappa shape index (κ3) is 12.2. The van der Waals surface area contributed by atoms with Gasteiger partial charge in [-0.3, -0.25) is 14.5 Å². The molecule has 1 unspecified atom stereocenters. The van der Waals surface area contributed by atoms with Gasteiger partial charge in [-0.25, -0.2) is 14.0 Å². The topological polar surface area (TPSA) is 133 Å². The van der Waals surface area contributed by atoms with E-state index in [2.05, 4.69) is 5.32 Å². The van der Waals surface area contributed by atoms with Crippen molar-refractivity contribution in [2.45, 2.75) is 58.6 Å². The lowest BCUT2D eigenvalue weighted by atomic mass is 10.0. The van der Waals surface area contributed by atoms with Gasteiger partial charge in [0.2, 0.25) is 0 Å². The van der Waals surface area contributed by atoms with Crippen LogP contribution in [0.15, 0.2) is 54.6 Å². The number of alkyl halides is 1. The molecule has 0 saturated heterocycles. The maximum Gasteiger partial charge on any atom is 0.410 e. The van der Waals surface area contributed by atoms with E-state index in [1.165, 1.54) is 4.90 Å². The Morgan fingerprint density at radius 3 is 2.00 bits per heavy atom. The molecule has 3 rings (SSSR count). The van der Waals surface area contributed by atoms with Crippen molar-refractivity contribution in [1.29, 1.82) is 0 Å². The summed E-state index contributed by atoms with van der Waals surface area (Å²) in [5, 5.41) is 2.42. The van der Waals surface area contributed by atoms with Crippen molar-refractivity contribution in [2.75, 3.05) is 59.2 Å². The fourth-order valence-electron chi connectivity index (χ4n) is 4.42. The van der Waals surface area contributed by atoms with Gasteiger partial charge in [0.1, 0.15) is 18.4 Å². The Morgan fingerprint density at radius 1 is 0.830 bits per heavy atom. The lowest BCUT2D eigenvalue weighted by Crippen LogP contribution is -2.44. The number of imide groups is 1. The van der Waals surface area contributed by atoms with Gasteiger partial charge in [-0.05, 0) is 52.3 Å². The Bertz CT molecular complexity index is 1300. The predicted molar refractivity (Wildman–Crippen MR) is 171 cm³/mol. The van der Waals surface area contributed by atoms with Crippen molar-refractivity contribution in [1.82, 2.24) is 15.1 Å². The van der Waals surface area contributed by atoms with Gasteiger partial charge in [0, 0.05) is 13.1 Å². The average Bonchev–Trinajstić information content (AvgIpc) is 3.27. The Labute approximate surface area is 275 Å². The summed E-state index contributed by atoms with van der Waals surface area (Å²) in [7, 11) is 0. The van der Waals surface area contributed by atoms with Crippen molar-refractivity contribution >= 4 is 24.0 Å². The number of nitrogens with zero attached hydrogens (tertiary/aromatic N) is 2. The minimum atomic E-state index is -1.51. The first-order chi connectivity index (χ1) is 22.3. The van der Waals surface area contributed by atoms with Gasteiger partial charge in [0.05, 0.1) is 62.9 Å². The molecule has 2 aromatic carbocycles. The highest BCUT2D eigenvalue weighted by molar-refractivity contribution is 6.21. The molecule has 4 amide bonds. The second kappa shape index (κ2) is 17.7. The Morgan fingerprint density at radius 2 is 1.40 bits per heavy atom. The smallest absolute Gasteiger partial charge is 0.410 e. The van der Waals surface area contributed by atoms with E-state index in [-0.39, 0.29) is 77.6 Å². The van der Waals surface area contributed by atoms with Crippen LogP contribution in [-0.2, 0) is 30.3 Å². The largest absolute Gasteiger partial charge is 0.445 e. The molecule has 1 heterocycles. The summed E-state index contributed by atoms with van der Waals surface area (Å²) in [6.45, 7) is 9.35. The third-order valence-electron chi connectivity index (χ3n) is 7.09. The molecule has 1 atom stereocenters. The van der Waals surface area contributed by atoms with Crippen LogP contribution in [-0.4, -0.2) is 110 Å². The molecule has 0 bridgehead atoms. The fourth-order valence-corrected chi connectivity index (χ4v) is 4.42. The second-order valence-corrected chi connectivity index (χ2v) is 12.4. The van der Waals surface area contributed by atoms with E-state index in [1.54, 1.807) is 58.9 Å². The van der Waals surface area contributed by atoms with Gasteiger partial charge < -0.3 is 33.9 Å². The molecule has 0 radical (unpaired) electrons. The minimum Gasteiger partial charge on any atom is -0.445 e. The monoisotopic (exact) mass is 659 g/mol. The molecule has 0 aliphatic carbocycles. The molecule has 0 saturated carbocycles. The minimum absolute atomic E-state index is 0.0813. The van der Waals surface area contributed by atoms with Crippen LogP contribution in [0.2, 0.25) is 0 Å². The van der Waals surface area contributed by atoms with Crippen LogP contribution in [0.1, 0.15) is 60.9 Å². The van der Waals surface area contributed by atoms with E-state index in [0.29, 0.717) is 11.1 Å². The number of hydrogen-bond acceptors (Lipinski definition) is 9. The standard InChI is InChI=1S/C34H46FN3O9/c1-33(2,3)47-32(42)37(15-18-43-20-17-38-29(39)26-13-9-10-14-27(26)30(38)40)16-19-44-21-22-46-34(4,5)28(35)23-36-31(41)45-24-25-11-7-6-8-12-25/h6-14,28H,15-24H2,1-5H3,(H,36,41). The lowest BCUT2D eigenvalue weighted by Gasteiger charge is -2.29. The zero-order valence-electron chi connectivity index (χ0n) is 27.8. The number of alkyl carbamates (subject to hydrolysis) is 1. The summed E-state index contributed by atoms with van der Waals surface area (Å²) in [4.78, 5) is 52.4. The quantitative estimate of drug-likeness (QED) is 0.180. The Hall–Kier alpha value is -4.07. The number of carbonyl (C=O) groups excluding carboxylic acids is 4. The molecule has 258 valence electrons. The molecule has 0 fully saturated rings. The highest BCUT2D eigenvalue weighted by Crippen LogP contribution is 2.22. The fraction of sp³-hybridized carbons (Fsp3) is 0.529. The third-order valence-corrected chi connectivity index (χ3v) is 7.09. The zero-order chi connectivity index (χ0) is 34.5. The van der Waals surface area contributed by atoms with Crippen LogP contribution in [0.4, 0.5) is 14.0 Å². The van der Waals surface area contributed by atoms with Crippen molar-refractivity contribution in [3.05, 3.63) is 71.3 Å². The van der Waals surface area contributed by atoms with Gasteiger partial charge >= 0.3 is 12.2 Å². The van der Waals surface area contributed by atoms with Gasteiger partial charge in [-0.15, -0.1) is 0 Å². The first kappa shape index (κ1) is 37.4. The highest BCUT2D eigenvalue weighted by Gasteiger charge is 2.35. The van der Waals surface area contributed by atoms with Crippen molar-refractivity contribution < 1.29 is 47.3 Å². The molecule has 47 heavy (non-hydrogen) atoms. The summed E-state index contributed by atoms with van der Waals surface area (Å²) in [6, 6.07) is 15.8. The number of benzene rings is 2. The van der Waals surface area contributed by atoms with Gasteiger partial charge in [-0.1, -0.05) is 42.5 Å². The van der Waals surface area contributed by atoms with E-state index in [9.17, 15) is 23.6 Å². The van der Waals surface area contributed by atoms with Gasteiger partial charge in [0.15, 0.2) is 0 Å². The van der Waals surface area contributed by atoms with E-state index >= 15 is 0 Å². The average molecular weight is 660 g/mol. The number of hydrogen-bond donors (Lipinski definition) is 1. The number of fused-ring (bicyclic) bond motifs is 1. The van der Waals surface area contributed by atoms with Crippen molar-refractivity contribution in [3.63, 3.8) is 0 Å². The molecule has 1 N–H and O–H groups in total. The number of halogens is 1. The van der Waals surface area contributed by atoms with E-state index in [0.717, 1.165) is 10.5 Å². The lowest BCUT2D eigenvalue weighted by molar-refractivity contribution is -0.0874. The molecule has 12 nitrogen and oxygen atoms in total. The second-order valence-electron chi connectivity index (χ2n) is 12.4. The van der Waals surface area contributed by atoms with Crippen molar-refractivity contribution in [2.24, 2.45) is 0 Å². The first-order valence-corrected chi connectivity index (χ1v) is 15.6. The molecular weight excluding hydrogens is 613 g/mol.